The molecule has 0 N–H and O–H groups in total. The summed E-state index contributed by atoms with van der Waals surface area (Å²) in [4.78, 5) is 0. The Morgan fingerprint density at radius 3 is 2.29 bits per heavy atom. The molecule has 0 spiro atoms. The highest BCUT2D eigenvalue weighted by molar-refractivity contribution is 5.64. The van der Waals surface area contributed by atoms with Crippen LogP contribution in [0, 0.1) is 13.8 Å². The molecule has 2 heterocycles. The van der Waals surface area contributed by atoms with E-state index >= 15 is 0 Å². The standard InChI is InChI=1S/C10H14N4/c1-7-10(8(2)13(3)12-7)9-5-6-11-14(9)4/h5-6H,1-4H3. The quantitative estimate of drug-likeness (QED) is 0.682. The minimum absolute atomic E-state index is 1.05. The second-order valence-corrected chi connectivity index (χ2v) is 3.51. The lowest BCUT2D eigenvalue weighted by Gasteiger charge is -2.01. The molecule has 74 valence electrons. The van der Waals surface area contributed by atoms with Crippen LogP contribution in [-0.4, -0.2) is 19.6 Å². The van der Waals surface area contributed by atoms with Gasteiger partial charge in [-0.3, -0.25) is 9.36 Å². The Balaban J connectivity index is 2.68. The van der Waals surface area contributed by atoms with Crippen molar-refractivity contribution in [3.8, 4) is 11.3 Å². The summed E-state index contributed by atoms with van der Waals surface area (Å²) in [6.07, 6.45) is 1.81. The van der Waals surface area contributed by atoms with Crippen molar-refractivity contribution < 1.29 is 0 Å². The van der Waals surface area contributed by atoms with Gasteiger partial charge in [-0.05, 0) is 19.9 Å². The molecule has 0 aliphatic heterocycles. The van der Waals surface area contributed by atoms with Gasteiger partial charge < -0.3 is 0 Å². The Labute approximate surface area is 83.2 Å². The molecule has 0 saturated heterocycles. The molecule has 0 aliphatic carbocycles. The number of nitrogens with zero attached hydrogens (tertiary/aromatic N) is 4. The molecule has 0 aromatic carbocycles. The molecule has 4 heteroatoms. The second kappa shape index (κ2) is 2.97. The zero-order valence-corrected chi connectivity index (χ0v) is 8.94. The lowest BCUT2D eigenvalue weighted by atomic mass is 10.1. The summed E-state index contributed by atoms with van der Waals surface area (Å²) in [6, 6.07) is 2.01. The fourth-order valence-corrected chi connectivity index (χ4v) is 1.76. The van der Waals surface area contributed by atoms with Crippen molar-refractivity contribution in [3.63, 3.8) is 0 Å². The van der Waals surface area contributed by atoms with Crippen LogP contribution in [0.3, 0.4) is 0 Å². The molecule has 0 saturated carbocycles. The van der Waals surface area contributed by atoms with E-state index < -0.39 is 0 Å². The number of aromatic nitrogens is 4. The lowest BCUT2D eigenvalue weighted by Crippen LogP contribution is -1.96. The minimum atomic E-state index is 1.05. The highest BCUT2D eigenvalue weighted by Crippen LogP contribution is 2.25. The molecule has 2 aromatic heterocycles. The fraction of sp³-hybridized carbons (Fsp3) is 0.400. The van der Waals surface area contributed by atoms with Crippen LogP contribution >= 0.6 is 0 Å². The Kier molecular flexibility index (Phi) is 1.91. The van der Waals surface area contributed by atoms with Crippen molar-refractivity contribution in [1.29, 1.82) is 0 Å². The Morgan fingerprint density at radius 2 is 1.86 bits per heavy atom. The summed E-state index contributed by atoms with van der Waals surface area (Å²) >= 11 is 0. The third-order valence-electron chi connectivity index (χ3n) is 2.59. The monoisotopic (exact) mass is 190 g/mol. The van der Waals surface area contributed by atoms with E-state index in [4.69, 9.17) is 0 Å². The van der Waals surface area contributed by atoms with E-state index in [0.29, 0.717) is 0 Å². The van der Waals surface area contributed by atoms with Gasteiger partial charge in [0.25, 0.3) is 0 Å². The van der Waals surface area contributed by atoms with E-state index in [9.17, 15) is 0 Å². The summed E-state index contributed by atoms with van der Waals surface area (Å²) in [5.74, 6) is 0. The number of hydrogen-bond donors (Lipinski definition) is 0. The molecule has 0 fully saturated rings. The highest BCUT2D eigenvalue weighted by Gasteiger charge is 2.13. The highest BCUT2D eigenvalue weighted by atomic mass is 15.3. The molecule has 14 heavy (non-hydrogen) atoms. The molecule has 0 aliphatic rings. The largest absolute Gasteiger partial charge is 0.272 e. The first kappa shape index (κ1) is 8.99. The van der Waals surface area contributed by atoms with E-state index in [1.54, 1.807) is 6.20 Å². The van der Waals surface area contributed by atoms with E-state index in [0.717, 1.165) is 11.4 Å². The van der Waals surface area contributed by atoms with E-state index in [1.807, 2.05) is 36.4 Å². The average Bonchev–Trinajstić information content (AvgIpc) is 2.60. The lowest BCUT2D eigenvalue weighted by molar-refractivity contribution is 0.731. The van der Waals surface area contributed by atoms with Crippen molar-refractivity contribution in [1.82, 2.24) is 19.6 Å². The molecule has 0 unspecified atom stereocenters. The molecular formula is C10H14N4. The van der Waals surface area contributed by atoms with Gasteiger partial charge in [-0.2, -0.15) is 10.2 Å². The number of hydrogen-bond acceptors (Lipinski definition) is 2. The van der Waals surface area contributed by atoms with Crippen molar-refractivity contribution in [2.75, 3.05) is 0 Å². The maximum absolute atomic E-state index is 4.38. The van der Waals surface area contributed by atoms with Crippen LogP contribution < -0.4 is 0 Å². The van der Waals surface area contributed by atoms with Gasteiger partial charge in [0, 0.05) is 31.5 Å². The van der Waals surface area contributed by atoms with Crippen LogP contribution in [0.1, 0.15) is 11.4 Å². The van der Waals surface area contributed by atoms with Crippen LogP contribution in [0.5, 0.6) is 0 Å². The summed E-state index contributed by atoms with van der Waals surface area (Å²) < 4.78 is 3.77. The Bertz CT molecular complexity index is 464. The molecule has 2 rings (SSSR count). The van der Waals surface area contributed by atoms with Crippen molar-refractivity contribution in [3.05, 3.63) is 23.7 Å². The molecule has 4 nitrogen and oxygen atoms in total. The summed E-state index contributed by atoms with van der Waals surface area (Å²) in [7, 11) is 3.91. The SMILES string of the molecule is Cc1nn(C)c(C)c1-c1ccnn1C. The number of rotatable bonds is 1. The predicted octanol–water partition coefficient (Wildman–Crippen LogP) is 1.44. The van der Waals surface area contributed by atoms with E-state index in [2.05, 4.69) is 17.1 Å². The molecular weight excluding hydrogens is 176 g/mol. The first-order valence-corrected chi connectivity index (χ1v) is 4.60. The van der Waals surface area contributed by atoms with Gasteiger partial charge >= 0.3 is 0 Å². The first-order chi connectivity index (χ1) is 6.61. The molecule has 2 aromatic rings. The van der Waals surface area contributed by atoms with Crippen molar-refractivity contribution in [2.24, 2.45) is 14.1 Å². The van der Waals surface area contributed by atoms with Crippen molar-refractivity contribution in [2.45, 2.75) is 13.8 Å². The van der Waals surface area contributed by atoms with Crippen molar-refractivity contribution >= 4 is 0 Å². The summed E-state index contributed by atoms with van der Waals surface area (Å²) in [5, 5.41) is 8.55. The maximum atomic E-state index is 4.38. The van der Waals surface area contributed by atoms with Gasteiger partial charge in [0.1, 0.15) is 0 Å². The third kappa shape index (κ3) is 1.14. The fourth-order valence-electron chi connectivity index (χ4n) is 1.76. The van der Waals surface area contributed by atoms with Gasteiger partial charge in [0.05, 0.1) is 11.4 Å². The van der Waals surface area contributed by atoms with Crippen LogP contribution in [0.25, 0.3) is 11.3 Å². The molecule has 0 radical (unpaired) electrons. The molecule has 0 atom stereocenters. The van der Waals surface area contributed by atoms with Crippen LogP contribution in [0.2, 0.25) is 0 Å². The normalized spacial score (nSPS) is 10.9. The summed E-state index contributed by atoms with van der Waals surface area (Å²) in [5.41, 5.74) is 4.53. The van der Waals surface area contributed by atoms with Gasteiger partial charge in [-0.1, -0.05) is 0 Å². The topological polar surface area (TPSA) is 35.6 Å². The maximum Gasteiger partial charge on any atom is 0.0715 e. The molecule has 0 bridgehead atoms. The zero-order valence-electron chi connectivity index (χ0n) is 8.94. The summed E-state index contributed by atoms with van der Waals surface area (Å²) in [6.45, 7) is 4.09. The minimum Gasteiger partial charge on any atom is -0.272 e. The van der Waals surface area contributed by atoms with Crippen LogP contribution in [-0.2, 0) is 14.1 Å². The zero-order chi connectivity index (χ0) is 10.3. The third-order valence-corrected chi connectivity index (χ3v) is 2.59. The van der Waals surface area contributed by atoms with Gasteiger partial charge in [-0.15, -0.1) is 0 Å². The Hall–Kier alpha value is -1.58. The smallest absolute Gasteiger partial charge is 0.0715 e. The van der Waals surface area contributed by atoms with E-state index in [1.165, 1.54) is 11.3 Å². The molecule has 0 amide bonds. The first-order valence-electron chi connectivity index (χ1n) is 4.60. The second-order valence-electron chi connectivity index (χ2n) is 3.51. The van der Waals surface area contributed by atoms with Gasteiger partial charge in [0.2, 0.25) is 0 Å². The predicted molar refractivity (Wildman–Crippen MR) is 54.9 cm³/mol. The van der Waals surface area contributed by atoms with Gasteiger partial charge in [0.15, 0.2) is 0 Å². The Morgan fingerprint density at radius 1 is 1.14 bits per heavy atom. The van der Waals surface area contributed by atoms with Gasteiger partial charge in [-0.25, -0.2) is 0 Å². The van der Waals surface area contributed by atoms with E-state index in [-0.39, 0.29) is 0 Å². The number of aryl methyl sites for hydroxylation is 3. The van der Waals surface area contributed by atoms with Crippen LogP contribution in [0.4, 0.5) is 0 Å². The van der Waals surface area contributed by atoms with Crippen LogP contribution in [0.15, 0.2) is 12.3 Å². The average molecular weight is 190 g/mol.